The molecule has 1 aromatic heterocycles. The van der Waals surface area contributed by atoms with Gasteiger partial charge in [-0.25, -0.2) is 24.2 Å². The van der Waals surface area contributed by atoms with E-state index >= 15 is 0 Å². The van der Waals surface area contributed by atoms with Gasteiger partial charge in [-0.2, -0.15) is 0 Å². The lowest BCUT2D eigenvalue weighted by molar-refractivity contribution is -0.117. The van der Waals surface area contributed by atoms with Crippen LogP contribution in [0, 0.1) is 23.5 Å². The average Bonchev–Trinajstić information content (AvgIpc) is 2.81. The number of nitrogens with one attached hydrogen (secondary N) is 1. The van der Waals surface area contributed by atoms with Crippen LogP contribution in [-0.2, 0) is 4.79 Å². The summed E-state index contributed by atoms with van der Waals surface area (Å²) in [6, 6.07) is 6.44. The molecule has 1 N–H and O–H groups in total. The van der Waals surface area contributed by atoms with Gasteiger partial charge in [0.05, 0.1) is 5.56 Å². The van der Waals surface area contributed by atoms with Crippen molar-refractivity contribution in [2.45, 2.75) is 25.8 Å². The number of hydrogen-bond acceptors (Lipinski definition) is 3. The van der Waals surface area contributed by atoms with Crippen LogP contribution in [0.25, 0.3) is 0 Å². The zero-order valence-electron chi connectivity index (χ0n) is 13.2. The maximum absolute atomic E-state index is 13.5. The smallest absolute Gasteiger partial charge is 0.244 e. The molecule has 122 valence electrons. The predicted molar refractivity (Wildman–Crippen MR) is 85.9 cm³/mol. The molecule has 2 heterocycles. The highest BCUT2D eigenvalue weighted by molar-refractivity contribution is 5.94. The first-order valence-corrected chi connectivity index (χ1v) is 7.38. The lowest BCUT2D eigenvalue weighted by atomic mass is 10.0. The van der Waals surface area contributed by atoms with Crippen molar-refractivity contribution in [1.82, 2.24) is 10.4 Å². The number of nitrogens with zero attached hydrogens (tertiary/aromatic N) is 2. The van der Waals surface area contributed by atoms with Crippen LogP contribution in [0.15, 0.2) is 36.5 Å². The van der Waals surface area contributed by atoms with Gasteiger partial charge in [0.2, 0.25) is 5.91 Å². The lowest BCUT2D eigenvalue weighted by Gasteiger charge is -2.20. The third-order valence-electron chi connectivity index (χ3n) is 3.50. The van der Waals surface area contributed by atoms with Crippen molar-refractivity contribution in [3.8, 4) is 11.8 Å². The molecule has 1 aliphatic rings. The van der Waals surface area contributed by atoms with Gasteiger partial charge in [0, 0.05) is 23.7 Å². The molecule has 3 rings (SSSR count). The van der Waals surface area contributed by atoms with Gasteiger partial charge in [0.1, 0.15) is 17.5 Å². The van der Waals surface area contributed by atoms with Crippen LogP contribution in [-0.4, -0.2) is 16.4 Å². The molecule has 0 spiro atoms. The summed E-state index contributed by atoms with van der Waals surface area (Å²) in [5.74, 6) is 4.59. The van der Waals surface area contributed by atoms with E-state index in [2.05, 4.69) is 22.3 Å². The van der Waals surface area contributed by atoms with E-state index in [0.29, 0.717) is 17.8 Å². The first kappa shape index (κ1) is 16.1. The summed E-state index contributed by atoms with van der Waals surface area (Å²) in [6.07, 6.45) is 1.87. The Bertz CT molecular complexity index is 851. The van der Waals surface area contributed by atoms with Crippen molar-refractivity contribution in [3.63, 3.8) is 0 Å². The third-order valence-corrected chi connectivity index (χ3v) is 3.50. The van der Waals surface area contributed by atoms with Crippen molar-refractivity contribution in [3.05, 3.63) is 59.3 Å². The Labute approximate surface area is 138 Å². The topological polar surface area (TPSA) is 45.2 Å². The SMILES string of the molecule is CC1(C)CC(=O)N(c2ccc(C#Cc3cc(F)ccc3F)cn2)N1. The number of halogens is 2. The molecule has 1 saturated heterocycles. The summed E-state index contributed by atoms with van der Waals surface area (Å²) in [7, 11) is 0. The molecule has 0 radical (unpaired) electrons. The van der Waals surface area contributed by atoms with Gasteiger partial charge in [-0.05, 0) is 44.2 Å². The first-order valence-electron chi connectivity index (χ1n) is 7.38. The highest BCUT2D eigenvalue weighted by Gasteiger charge is 2.36. The molecule has 4 nitrogen and oxygen atoms in total. The molecular formula is C18H15F2N3O. The molecule has 0 unspecified atom stereocenters. The first-order chi connectivity index (χ1) is 11.3. The molecule has 0 saturated carbocycles. The number of anilines is 1. The predicted octanol–water partition coefficient (Wildman–Crippen LogP) is 2.78. The van der Waals surface area contributed by atoms with Crippen LogP contribution < -0.4 is 10.4 Å². The van der Waals surface area contributed by atoms with Gasteiger partial charge in [-0.15, -0.1) is 0 Å². The fourth-order valence-electron chi connectivity index (χ4n) is 2.37. The molecule has 1 fully saturated rings. The Morgan fingerprint density at radius 3 is 2.62 bits per heavy atom. The Morgan fingerprint density at radius 2 is 2.00 bits per heavy atom. The minimum Gasteiger partial charge on any atom is -0.273 e. The van der Waals surface area contributed by atoms with E-state index in [1.165, 1.54) is 11.2 Å². The zero-order chi connectivity index (χ0) is 17.3. The minimum atomic E-state index is -0.581. The Morgan fingerprint density at radius 1 is 1.21 bits per heavy atom. The minimum absolute atomic E-state index is 0.0165. The quantitative estimate of drug-likeness (QED) is 0.819. The van der Waals surface area contributed by atoms with E-state index in [0.717, 1.165) is 18.2 Å². The van der Waals surface area contributed by atoms with Gasteiger partial charge in [-0.1, -0.05) is 11.8 Å². The Kier molecular flexibility index (Phi) is 4.04. The molecule has 24 heavy (non-hydrogen) atoms. The number of aromatic nitrogens is 1. The number of hydrogen-bond donors (Lipinski definition) is 1. The van der Waals surface area contributed by atoms with Gasteiger partial charge in [0.25, 0.3) is 0 Å². The van der Waals surface area contributed by atoms with E-state index < -0.39 is 11.6 Å². The second kappa shape index (κ2) is 6.02. The fourth-order valence-corrected chi connectivity index (χ4v) is 2.37. The maximum Gasteiger partial charge on any atom is 0.244 e. The standard InChI is InChI=1S/C18H15F2N3O/c1-18(2)10-17(24)23(22-18)16-8-4-12(11-21-16)3-5-13-9-14(19)6-7-15(13)20/h4,6-9,11,22H,10H2,1-2H3. The van der Waals surface area contributed by atoms with Crippen molar-refractivity contribution in [2.24, 2.45) is 0 Å². The monoisotopic (exact) mass is 327 g/mol. The van der Waals surface area contributed by atoms with E-state index in [9.17, 15) is 13.6 Å². The Hall–Kier alpha value is -2.78. The molecule has 1 amide bonds. The summed E-state index contributed by atoms with van der Waals surface area (Å²) in [5.41, 5.74) is 3.29. The van der Waals surface area contributed by atoms with Crippen molar-refractivity contribution < 1.29 is 13.6 Å². The molecule has 6 heteroatoms. The number of pyridine rings is 1. The number of hydrazine groups is 1. The largest absolute Gasteiger partial charge is 0.273 e. The summed E-state index contributed by atoms with van der Waals surface area (Å²) in [5, 5.41) is 1.41. The molecular weight excluding hydrogens is 312 g/mol. The van der Waals surface area contributed by atoms with Crippen molar-refractivity contribution in [2.75, 3.05) is 5.01 Å². The maximum atomic E-state index is 13.5. The average molecular weight is 327 g/mol. The molecule has 2 aromatic rings. The number of carbonyl (C=O) groups is 1. The summed E-state index contributed by atoms with van der Waals surface area (Å²) in [4.78, 5) is 16.2. The van der Waals surface area contributed by atoms with Crippen LogP contribution in [0.5, 0.6) is 0 Å². The van der Waals surface area contributed by atoms with Gasteiger partial charge < -0.3 is 0 Å². The fraction of sp³-hybridized carbons (Fsp3) is 0.222. The van der Waals surface area contributed by atoms with Crippen LogP contribution in [0.4, 0.5) is 14.6 Å². The van der Waals surface area contributed by atoms with Crippen LogP contribution in [0.1, 0.15) is 31.4 Å². The summed E-state index contributed by atoms with van der Waals surface area (Å²) in [6.45, 7) is 3.86. The number of benzene rings is 1. The van der Waals surface area contributed by atoms with Crippen LogP contribution >= 0.6 is 0 Å². The van der Waals surface area contributed by atoms with Crippen LogP contribution in [0.2, 0.25) is 0 Å². The highest BCUT2D eigenvalue weighted by atomic mass is 19.1. The second-order valence-electron chi connectivity index (χ2n) is 6.18. The van der Waals surface area contributed by atoms with Gasteiger partial charge in [0.15, 0.2) is 0 Å². The second-order valence-corrected chi connectivity index (χ2v) is 6.18. The van der Waals surface area contributed by atoms with Crippen molar-refractivity contribution >= 4 is 11.7 Å². The lowest BCUT2D eigenvalue weighted by Crippen LogP contribution is -2.42. The Balaban J connectivity index is 1.80. The third kappa shape index (κ3) is 3.42. The summed E-state index contributed by atoms with van der Waals surface area (Å²) >= 11 is 0. The van der Waals surface area contributed by atoms with E-state index in [1.807, 2.05) is 13.8 Å². The molecule has 0 bridgehead atoms. The number of carbonyl (C=O) groups excluding carboxylic acids is 1. The van der Waals surface area contributed by atoms with Gasteiger partial charge >= 0.3 is 0 Å². The number of amides is 1. The van der Waals surface area contributed by atoms with E-state index in [1.54, 1.807) is 12.1 Å². The number of rotatable bonds is 1. The molecule has 1 aromatic carbocycles. The van der Waals surface area contributed by atoms with E-state index in [-0.39, 0.29) is 17.0 Å². The zero-order valence-corrected chi connectivity index (χ0v) is 13.2. The molecule has 1 aliphatic heterocycles. The highest BCUT2D eigenvalue weighted by Crippen LogP contribution is 2.23. The van der Waals surface area contributed by atoms with Crippen molar-refractivity contribution in [1.29, 1.82) is 0 Å². The van der Waals surface area contributed by atoms with Crippen LogP contribution in [0.3, 0.4) is 0 Å². The molecule has 0 atom stereocenters. The summed E-state index contributed by atoms with van der Waals surface area (Å²) < 4.78 is 26.6. The van der Waals surface area contributed by atoms with E-state index in [4.69, 9.17) is 0 Å². The normalized spacial score (nSPS) is 16.0. The van der Waals surface area contributed by atoms with Gasteiger partial charge in [-0.3, -0.25) is 4.79 Å². The molecule has 0 aliphatic carbocycles.